The lowest BCUT2D eigenvalue weighted by atomic mass is 9.88. The highest BCUT2D eigenvalue weighted by atomic mass is 32.1. The fraction of sp³-hybridized carbons (Fsp3) is 0.556. The van der Waals surface area contributed by atoms with Gasteiger partial charge in [-0.3, -0.25) is 4.90 Å². The number of hydrogen-bond acceptors (Lipinski definition) is 6. The molecular formula is C27H35N5O2S. The summed E-state index contributed by atoms with van der Waals surface area (Å²) in [4.78, 5) is 13.4. The van der Waals surface area contributed by atoms with Crippen molar-refractivity contribution >= 4 is 27.2 Å². The van der Waals surface area contributed by atoms with E-state index in [1.165, 1.54) is 55.0 Å². The van der Waals surface area contributed by atoms with Crippen molar-refractivity contribution in [2.24, 2.45) is 5.92 Å². The van der Waals surface area contributed by atoms with Gasteiger partial charge in [0.1, 0.15) is 11.2 Å². The number of aryl methyl sites for hydroxylation is 2. The molecular weight excluding hydrogens is 458 g/mol. The summed E-state index contributed by atoms with van der Waals surface area (Å²) in [5.41, 5.74) is 8.56. The van der Waals surface area contributed by atoms with Crippen molar-refractivity contribution in [3.8, 4) is 11.3 Å². The van der Waals surface area contributed by atoms with Crippen molar-refractivity contribution in [2.45, 2.75) is 71.4 Å². The monoisotopic (exact) mass is 493 g/mol. The standard InChI is InChI=1S/C27H35N5O2S/c1-13(2)22-23-16(5)25(20-7-18-6-17(20)8-31(18)19(10-33)11-34)35-27(23)30-24(22)21-9-32-26(28-12-29-32)15(4)14(21)3/h9,12-13,17-20,30,33-34H,6-8,10-11H2,1-5H3. The molecule has 0 spiro atoms. The first-order valence-electron chi connectivity index (χ1n) is 12.8. The van der Waals surface area contributed by atoms with Gasteiger partial charge in [-0.1, -0.05) is 13.8 Å². The third-order valence-corrected chi connectivity index (χ3v) is 10.1. The Morgan fingerprint density at radius 3 is 2.54 bits per heavy atom. The quantitative estimate of drug-likeness (QED) is 0.368. The van der Waals surface area contributed by atoms with Crippen molar-refractivity contribution < 1.29 is 10.2 Å². The van der Waals surface area contributed by atoms with E-state index in [-0.39, 0.29) is 19.3 Å². The van der Waals surface area contributed by atoms with Crippen LogP contribution < -0.4 is 0 Å². The Balaban J connectivity index is 1.42. The normalized spacial score (nSPS) is 22.7. The van der Waals surface area contributed by atoms with Gasteiger partial charge in [-0.25, -0.2) is 9.50 Å². The molecule has 5 heterocycles. The fourth-order valence-electron chi connectivity index (χ4n) is 6.87. The zero-order valence-electron chi connectivity index (χ0n) is 21.2. The van der Waals surface area contributed by atoms with Gasteiger partial charge in [-0.2, -0.15) is 5.10 Å². The number of H-pyrrole nitrogens is 1. The average molecular weight is 494 g/mol. The van der Waals surface area contributed by atoms with Crippen molar-refractivity contribution in [1.82, 2.24) is 24.5 Å². The van der Waals surface area contributed by atoms with Crippen LogP contribution >= 0.6 is 11.3 Å². The van der Waals surface area contributed by atoms with Crippen LogP contribution in [0.15, 0.2) is 12.5 Å². The van der Waals surface area contributed by atoms with E-state index in [1.54, 1.807) is 6.33 Å². The molecule has 4 aromatic heterocycles. The van der Waals surface area contributed by atoms with E-state index in [1.807, 2.05) is 15.9 Å². The topological polar surface area (TPSA) is 89.7 Å². The lowest BCUT2D eigenvalue weighted by Gasteiger charge is -2.35. The maximum Gasteiger partial charge on any atom is 0.158 e. The summed E-state index contributed by atoms with van der Waals surface area (Å²) in [6.45, 7) is 12.2. The molecule has 1 saturated carbocycles. The van der Waals surface area contributed by atoms with E-state index in [9.17, 15) is 10.2 Å². The summed E-state index contributed by atoms with van der Waals surface area (Å²) < 4.78 is 1.89. The van der Waals surface area contributed by atoms with E-state index in [4.69, 9.17) is 0 Å². The number of aromatic amines is 1. The number of pyridine rings is 1. The van der Waals surface area contributed by atoms with Crippen LogP contribution in [-0.2, 0) is 0 Å². The van der Waals surface area contributed by atoms with Gasteiger partial charge in [0.05, 0.1) is 24.9 Å². The first kappa shape index (κ1) is 23.2. The Kier molecular flexibility index (Phi) is 5.56. The second-order valence-electron chi connectivity index (χ2n) is 10.9. The van der Waals surface area contributed by atoms with Gasteiger partial charge in [-0.05, 0) is 73.6 Å². The summed E-state index contributed by atoms with van der Waals surface area (Å²) in [6, 6.07) is 0.350. The van der Waals surface area contributed by atoms with Gasteiger partial charge >= 0.3 is 0 Å². The number of nitrogens with one attached hydrogen (secondary N) is 1. The van der Waals surface area contributed by atoms with Crippen molar-refractivity contribution in [3.63, 3.8) is 0 Å². The number of likely N-dealkylation sites (tertiary alicyclic amines) is 1. The molecule has 1 saturated heterocycles. The summed E-state index contributed by atoms with van der Waals surface area (Å²) in [6.07, 6.45) is 6.03. The van der Waals surface area contributed by atoms with E-state index >= 15 is 0 Å². The molecule has 3 unspecified atom stereocenters. The fourth-order valence-corrected chi connectivity index (χ4v) is 8.30. The lowest BCUT2D eigenvalue weighted by Crippen LogP contribution is -2.46. The van der Waals surface area contributed by atoms with Crippen LogP contribution in [0.1, 0.15) is 65.7 Å². The van der Waals surface area contributed by atoms with Gasteiger partial charge in [0.25, 0.3) is 0 Å². The number of thiophene rings is 1. The van der Waals surface area contributed by atoms with E-state index in [0.29, 0.717) is 23.8 Å². The molecule has 7 nitrogen and oxygen atoms in total. The van der Waals surface area contributed by atoms with Gasteiger partial charge in [0, 0.05) is 34.6 Å². The highest BCUT2D eigenvalue weighted by molar-refractivity contribution is 7.19. The Morgan fingerprint density at radius 2 is 1.89 bits per heavy atom. The molecule has 2 fully saturated rings. The number of piperidine rings is 1. The van der Waals surface area contributed by atoms with E-state index in [0.717, 1.165) is 18.6 Å². The molecule has 186 valence electrons. The van der Waals surface area contributed by atoms with Crippen molar-refractivity contribution in [1.29, 1.82) is 0 Å². The number of aliphatic hydroxyl groups excluding tert-OH is 2. The number of fused-ring (bicyclic) bond motifs is 4. The van der Waals surface area contributed by atoms with Crippen LogP contribution in [0.3, 0.4) is 0 Å². The average Bonchev–Trinajstić information content (AvgIpc) is 3.64. The number of rotatable bonds is 6. The second-order valence-corrected chi connectivity index (χ2v) is 11.9. The molecule has 35 heavy (non-hydrogen) atoms. The minimum absolute atomic E-state index is 0.0330. The van der Waals surface area contributed by atoms with Gasteiger partial charge in [0.2, 0.25) is 0 Å². The van der Waals surface area contributed by atoms with E-state index < -0.39 is 0 Å². The smallest absolute Gasteiger partial charge is 0.158 e. The third-order valence-electron chi connectivity index (χ3n) is 8.75. The van der Waals surface area contributed by atoms with Crippen LogP contribution in [0, 0.1) is 26.7 Å². The van der Waals surface area contributed by atoms with Crippen LogP contribution in [0.4, 0.5) is 0 Å². The molecule has 1 aliphatic heterocycles. The molecule has 2 aliphatic rings. The third kappa shape index (κ3) is 3.34. The van der Waals surface area contributed by atoms with Crippen LogP contribution in [0.25, 0.3) is 27.1 Å². The van der Waals surface area contributed by atoms with Crippen molar-refractivity contribution in [3.05, 3.63) is 39.7 Å². The predicted octanol–water partition coefficient (Wildman–Crippen LogP) is 4.52. The molecule has 8 heteroatoms. The van der Waals surface area contributed by atoms with Gasteiger partial charge in [0.15, 0.2) is 5.65 Å². The zero-order valence-corrected chi connectivity index (χ0v) is 22.0. The SMILES string of the molecule is Cc1c(-c2[nH]c3sc(C4CC5CC4CN5C(CO)CO)c(C)c3c2C(C)C)cn2ncnc2c1C. The Bertz CT molecular complexity index is 1410. The van der Waals surface area contributed by atoms with Crippen LogP contribution in [0.2, 0.25) is 0 Å². The Morgan fingerprint density at radius 1 is 1.11 bits per heavy atom. The molecule has 0 aromatic carbocycles. The number of aliphatic hydroxyl groups is 2. The van der Waals surface area contributed by atoms with Crippen molar-refractivity contribution in [2.75, 3.05) is 19.8 Å². The maximum atomic E-state index is 9.68. The van der Waals surface area contributed by atoms with Crippen LogP contribution in [-0.4, -0.2) is 66.5 Å². The largest absolute Gasteiger partial charge is 0.395 e. The molecule has 6 rings (SSSR count). The first-order chi connectivity index (χ1) is 16.8. The summed E-state index contributed by atoms with van der Waals surface area (Å²) in [7, 11) is 0. The lowest BCUT2D eigenvalue weighted by molar-refractivity contribution is 0.0497. The molecule has 4 aromatic rings. The Labute approximate surface area is 209 Å². The number of nitrogens with zero attached hydrogens (tertiary/aromatic N) is 4. The van der Waals surface area contributed by atoms with Gasteiger partial charge < -0.3 is 15.2 Å². The molecule has 1 aliphatic carbocycles. The molecule has 3 atom stereocenters. The maximum absolute atomic E-state index is 9.68. The van der Waals surface area contributed by atoms with Crippen LogP contribution in [0.5, 0.6) is 0 Å². The minimum Gasteiger partial charge on any atom is -0.395 e. The molecule has 2 bridgehead atoms. The van der Waals surface area contributed by atoms with E-state index in [2.05, 4.69) is 60.8 Å². The zero-order chi connectivity index (χ0) is 24.6. The highest BCUT2D eigenvalue weighted by Crippen LogP contribution is 2.53. The predicted molar refractivity (Wildman–Crippen MR) is 140 cm³/mol. The Hall–Kier alpha value is -2.26. The number of hydrogen-bond donors (Lipinski definition) is 3. The first-order valence-corrected chi connectivity index (χ1v) is 13.6. The summed E-state index contributed by atoms with van der Waals surface area (Å²) in [5, 5.41) is 25.2. The highest BCUT2D eigenvalue weighted by Gasteiger charge is 2.48. The summed E-state index contributed by atoms with van der Waals surface area (Å²) >= 11 is 1.94. The minimum atomic E-state index is -0.117. The second kappa shape index (κ2) is 8.40. The summed E-state index contributed by atoms with van der Waals surface area (Å²) in [5.74, 6) is 1.55. The number of aromatic nitrogens is 4. The molecule has 0 amide bonds. The van der Waals surface area contributed by atoms with Gasteiger partial charge in [-0.15, -0.1) is 11.3 Å². The molecule has 3 N–H and O–H groups in total. The molecule has 0 radical (unpaired) electrons.